The summed E-state index contributed by atoms with van der Waals surface area (Å²) in [7, 11) is 0. The fourth-order valence-electron chi connectivity index (χ4n) is 0.758. The van der Waals surface area contributed by atoms with Crippen LogP contribution in [0.1, 0.15) is 22.5 Å². The minimum Gasteiger partial charge on any atom is -0.395 e. The predicted molar refractivity (Wildman–Crippen MR) is 48.2 cm³/mol. The number of carbonyl (C=O) groups is 1. The summed E-state index contributed by atoms with van der Waals surface area (Å²) in [6.07, 6.45) is 2.64. The fourth-order valence-corrected chi connectivity index (χ4v) is 0.758. The first-order valence-electron chi connectivity index (χ1n) is 3.88. The van der Waals surface area contributed by atoms with Gasteiger partial charge >= 0.3 is 0 Å². The highest BCUT2D eigenvalue weighted by Crippen LogP contribution is 1.95. The molecule has 0 bridgehead atoms. The van der Waals surface area contributed by atoms with Gasteiger partial charge in [-0.1, -0.05) is 5.92 Å². The summed E-state index contributed by atoms with van der Waals surface area (Å²) >= 11 is 0. The van der Waals surface area contributed by atoms with E-state index in [2.05, 4.69) is 16.8 Å². The molecule has 0 saturated carbocycles. The van der Waals surface area contributed by atoms with Gasteiger partial charge in [-0.3, -0.25) is 4.79 Å². The third kappa shape index (κ3) is 3.06. The van der Waals surface area contributed by atoms with E-state index in [1.165, 1.54) is 6.20 Å². The van der Waals surface area contributed by atoms with E-state index in [0.717, 1.165) is 6.29 Å². The van der Waals surface area contributed by atoms with Crippen LogP contribution in [0.2, 0.25) is 0 Å². The van der Waals surface area contributed by atoms with Crippen LogP contribution in [0.4, 0.5) is 0 Å². The largest absolute Gasteiger partial charge is 0.395 e. The van der Waals surface area contributed by atoms with E-state index in [1.807, 2.05) is 0 Å². The second-order valence-corrected chi connectivity index (χ2v) is 2.37. The van der Waals surface area contributed by atoms with Crippen molar-refractivity contribution in [3.8, 4) is 11.8 Å². The number of aldehydes is 1. The molecule has 0 saturated heterocycles. The maximum absolute atomic E-state index is 10.3. The molecule has 0 unspecified atom stereocenters. The molecule has 0 radical (unpaired) electrons. The Kier molecular flexibility index (Phi) is 3.68. The van der Waals surface area contributed by atoms with Gasteiger partial charge in [0.05, 0.1) is 6.61 Å². The number of aromatic nitrogens is 1. The van der Waals surface area contributed by atoms with E-state index >= 15 is 0 Å². The van der Waals surface area contributed by atoms with Crippen molar-refractivity contribution in [2.24, 2.45) is 0 Å². The molecule has 0 aromatic carbocycles. The first-order valence-corrected chi connectivity index (χ1v) is 3.88. The van der Waals surface area contributed by atoms with Gasteiger partial charge in [-0.05, 0) is 18.1 Å². The maximum Gasteiger partial charge on any atom is 0.151 e. The topological polar surface area (TPSA) is 50.2 Å². The summed E-state index contributed by atoms with van der Waals surface area (Å²) in [6, 6.07) is 3.33. The van der Waals surface area contributed by atoms with E-state index in [1.54, 1.807) is 12.1 Å². The molecular formula is C10H9NO2. The standard InChI is InChI=1S/C10H9NO2/c12-6-2-1-3-10-5-4-9(8-13)7-11-10/h4-5,7-8,12H,2,6H2. The zero-order chi connectivity index (χ0) is 9.52. The number of nitrogens with zero attached hydrogens (tertiary/aromatic N) is 1. The summed E-state index contributed by atoms with van der Waals surface area (Å²) in [5.41, 5.74) is 1.15. The molecule has 0 atom stereocenters. The van der Waals surface area contributed by atoms with E-state index in [0.29, 0.717) is 17.7 Å². The molecule has 0 aliphatic heterocycles. The van der Waals surface area contributed by atoms with Gasteiger partial charge in [0.1, 0.15) is 5.69 Å². The second-order valence-electron chi connectivity index (χ2n) is 2.37. The Morgan fingerprint density at radius 3 is 2.92 bits per heavy atom. The summed E-state index contributed by atoms with van der Waals surface area (Å²) in [6.45, 7) is 0.0550. The first kappa shape index (κ1) is 9.43. The fraction of sp³-hybridized carbons (Fsp3) is 0.200. The van der Waals surface area contributed by atoms with Crippen molar-refractivity contribution >= 4 is 6.29 Å². The Labute approximate surface area is 76.4 Å². The van der Waals surface area contributed by atoms with Gasteiger partial charge in [0.2, 0.25) is 0 Å². The number of carbonyl (C=O) groups excluding carboxylic acids is 1. The quantitative estimate of drug-likeness (QED) is 0.529. The highest BCUT2D eigenvalue weighted by Gasteiger charge is 1.89. The van der Waals surface area contributed by atoms with Crippen LogP contribution in [-0.2, 0) is 0 Å². The van der Waals surface area contributed by atoms with Gasteiger partial charge in [0, 0.05) is 18.2 Å². The molecule has 1 N–H and O–H groups in total. The normalized spacial score (nSPS) is 8.69. The Morgan fingerprint density at radius 2 is 2.38 bits per heavy atom. The van der Waals surface area contributed by atoms with E-state index in [-0.39, 0.29) is 6.61 Å². The molecule has 1 aromatic heterocycles. The van der Waals surface area contributed by atoms with Crippen molar-refractivity contribution in [2.45, 2.75) is 6.42 Å². The minimum atomic E-state index is 0.0550. The van der Waals surface area contributed by atoms with Crippen LogP contribution in [0.5, 0.6) is 0 Å². The lowest BCUT2D eigenvalue weighted by atomic mass is 10.2. The van der Waals surface area contributed by atoms with Crippen LogP contribution in [0.15, 0.2) is 18.3 Å². The third-order valence-electron chi connectivity index (χ3n) is 1.38. The molecule has 3 nitrogen and oxygen atoms in total. The highest BCUT2D eigenvalue weighted by atomic mass is 16.2. The smallest absolute Gasteiger partial charge is 0.151 e. The predicted octanol–water partition coefficient (Wildman–Crippen LogP) is 0.628. The van der Waals surface area contributed by atoms with Gasteiger partial charge in [0.15, 0.2) is 6.29 Å². The van der Waals surface area contributed by atoms with Gasteiger partial charge in [-0.25, -0.2) is 4.98 Å². The molecule has 0 aliphatic carbocycles. The number of aliphatic hydroxyl groups excluding tert-OH is 1. The zero-order valence-electron chi connectivity index (χ0n) is 7.03. The maximum atomic E-state index is 10.3. The van der Waals surface area contributed by atoms with Crippen LogP contribution in [0.25, 0.3) is 0 Å². The molecule has 1 aromatic rings. The minimum absolute atomic E-state index is 0.0550. The second kappa shape index (κ2) is 5.07. The Bertz CT molecular complexity index is 332. The lowest BCUT2D eigenvalue weighted by molar-refractivity contribution is 0.112. The molecular weight excluding hydrogens is 166 g/mol. The summed E-state index contributed by atoms with van der Waals surface area (Å²) < 4.78 is 0. The molecule has 1 rings (SSSR count). The van der Waals surface area contributed by atoms with Gasteiger partial charge in [0.25, 0.3) is 0 Å². The Balaban J connectivity index is 2.71. The molecule has 1 heterocycles. The number of pyridine rings is 1. The monoisotopic (exact) mass is 175 g/mol. The average Bonchev–Trinajstić information content (AvgIpc) is 2.19. The SMILES string of the molecule is O=Cc1ccc(C#CCCO)nc1. The summed E-state index contributed by atoms with van der Waals surface area (Å²) in [5.74, 6) is 5.50. The molecule has 0 amide bonds. The Hall–Kier alpha value is -1.66. The first-order chi connectivity index (χ1) is 6.36. The van der Waals surface area contributed by atoms with Crippen LogP contribution in [0, 0.1) is 11.8 Å². The molecule has 13 heavy (non-hydrogen) atoms. The van der Waals surface area contributed by atoms with Crippen LogP contribution >= 0.6 is 0 Å². The van der Waals surface area contributed by atoms with Gasteiger partial charge in [-0.15, -0.1) is 0 Å². The van der Waals surface area contributed by atoms with Crippen molar-refractivity contribution < 1.29 is 9.90 Å². The van der Waals surface area contributed by atoms with Crippen LogP contribution in [0.3, 0.4) is 0 Å². The number of hydrogen-bond acceptors (Lipinski definition) is 3. The molecule has 0 fully saturated rings. The third-order valence-corrected chi connectivity index (χ3v) is 1.38. The number of hydrogen-bond donors (Lipinski definition) is 1. The van der Waals surface area contributed by atoms with E-state index < -0.39 is 0 Å². The van der Waals surface area contributed by atoms with Crippen LogP contribution in [-0.4, -0.2) is 23.0 Å². The van der Waals surface area contributed by atoms with E-state index in [4.69, 9.17) is 5.11 Å². The molecule has 0 spiro atoms. The average molecular weight is 175 g/mol. The summed E-state index contributed by atoms with van der Waals surface area (Å²) in [4.78, 5) is 14.2. The molecule has 3 heteroatoms. The molecule has 66 valence electrons. The lowest BCUT2D eigenvalue weighted by Crippen LogP contribution is -1.85. The summed E-state index contributed by atoms with van der Waals surface area (Å²) in [5, 5.41) is 8.46. The lowest BCUT2D eigenvalue weighted by Gasteiger charge is -1.89. The highest BCUT2D eigenvalue weighted by molar-refractivity contribution is 5.74. The van der Waals surface area contributed by atoms with Crippen molar-refractivity contribution in [1.29, 1.82) is 0 Å². The number of aliphatic hydroxyl groups is 1. The van der Waals surface area contributed by atoms with Crippen molar-refractivity contribution in [3.05, 3.63) is 29.6 Å². The van der Waals surface area contributed by atoms with Crippen molar-refractivity contribution in [2.75, 3.05) is 6.61 Å². The van der Waals surface area contributed by atoms with Gasteiger partial charge in [-0.2, -0.15) is 0 Å². The number of rotatable bonds is 2. The molecule has 0 aliphatic rings. The van der Waals surface area contributed by atoms with Crippen LogP contribution < -0.4 is 0 Å². The van der Waals surface area contributed by atoms with Crippen molar-refractivity contribution in [1.82, 2.24) is 4.98 Å². The van der Waals surface area contributed by atoms with E-state index in [9.17, 15) is 4.79 Å². The van der Waals surface area contributed by atoms with Gasteiger partial charge < -0.3 is 5.11 Å². The Morgan fingerprint density at radius 1 is 1.54 bits per heavy atom. The zero-order valence-corrected chi connectivity index (χ0v) is 7.03. The van der Waals surface area contributed by atoms with Crippen molar-refractivity contribution in [3.63, 3.8) is 0 Å².